The predicted octanol–water partition coefficient (Wildman–Crippen LogP) is 1.47. The monoisotopic (exact) mass is 263 g/mol. The molecule has 2 heterocycles. The summed E-state index contributed by atoms with van der Waals surface area (Å²) >= 11 is 0. The van der Waals surface area contributed by atoms with Crippen LogP contribution in [-0.2, 0) is 11.2 Å². The minimum Gasteiger partial charge on any atom is -0.479 e. The molecule has 2 atom stereocenters. The Hall–Kier alpha value is -1.85. The van der Waals surface area contributed by atoms with E-state index in [0.29, 0.717) is 36.6 Å². The van der Waals surface area contributed by atoms with Crippen molar-refractivity contribution in [2.75, 3.05) is 5.32 Å². The highest BCUT2D eigenvalue weighted by Gasteiger charge is 2.30. The highest BCUT2D eigenvalue weighted by atomic mass is 16.5. The second kappa shape index (κ2) is 4.68. The Morgan fingerprint density at radius 2 is 2.32 bits per heavy atom. The van der Waals surface area contributed by atoms with Gasteiger partial charge in [-0.15, -0.1) is 0 Å². The van der Waals surface area contributed by atoms with E-state index >= 15 is 0 Å². The lowest BCUT2D eigenvalue weighted by atomic mass is 10.1. The van der Waals surface area contributed by atoms with E-state index in [9.17, 15) is 4.79 Å². The van der Waals surface area contributed by atoms with Crippen molar-refractivity contribution in [3.05, 3.63) is 11.8 Å². The third-order valence-corrected chi connectivity index (χ3v) is 3.72. The fourth-order valence-electron chi connectivity index (χ4n) is 2.31. The van der Waals surface area contributed by atoms with Crippen LogP contribution in [0.2, 0.25) is 0 Å². The Morgan fingerprint density at radius 1 is 1.53 bits per heavy atom. The number of aromatic nitrogens is 2. The number of nitrogens with one attached hydrogen (secondary N) is 1. The zero-order chi connectivity index (χ0) is 13.4. The van der Waals surface area contributed by atoms with E-state index in [0.717, 1.165) is 5.56 Å². The number of aliphatic carboxylic acids is 1. The number of nitrogens with zero attached hydrogens (tertiary/aromatic N) is 2. The van der Waals surface area contributed by atoms with Crippen LogP contribution in [0.1, 0.15) is 31.7 Å². The van der Waals surface area contributed by atoms with Crippen molar-refractivity contribution in [2.45, 2.75) is 44.8 Å². The van der Waals surface area contributed by atoms with Crippen LogP contribution >= 0.6 is 0 Å². The van der Waals surface area contributed by atoms with Crippen molar-refractivity contribution in [1.29, 1.82) is 0 Å². The summed E-state index contributed by atoms with van der Waals surface area (Å²) in [5, 5.41) is 12.2. The molecule has 0 radical (unpaired) electrons. The summed E-state index contributed by atoms with van der Waals surface area (Å²) < 4.78 is 5.40. The van der Waals surface area contributed by atoms with Crippen LogP contribution in [0.4, 0.5) is 5.95 Å². The Bertz CT molecular complexity index is 502. The van der Waals surface area contributed by atoms with Gasteiger partial charge in [0.2, 0.25) is 11.8 Å². The van der Waals surface area contributed by atoms with Gasteiger partial charge in [-0.3, -0.25) is 0 Å². The summed E-state index contributed by atoms with van der Waals surface area (Å²) in [7, 11) is 0. The number of carboxylic acids is 1. The molecule has 6 heteroatoms. The van der Waals surface area contributed by atoms with E-state index < -0.39 is 12.1 Å². The Kier molecular flexibility index (Phi) is 3.00. The SMILES string of the molecule is C[C@@H](Nc1ncc2c(n1)O[C@H](C(=O)O)CC2)C1CC1. The Morgan fingerprint density at radius 3 is 3.00 bits per heavy atom. The zero-order valence-corrected chi connectivity index (χ0v) is 10.8. The second-order valence-corrected chi connectivity index (χ2v) is 5.28. The van der Waals surface area contributed by atoms with E-state index in [-0.39, 0.29) is 0 Å². The number of ether oxygens (including phenoxy) is 1. The molecule has 0 saturated heterocycles. The van der Waals surface area contributed by atoms with Crippen molar-refractivity contribution < 1.29 is 14.6 Å². The summed E-state index contributed by atoms with van der Waals surface area (Å²) in [6.45, 7) is 2.11. The van der Waals surface area contributed by atoms with Crippen LogP contribution < -0.4 is 10.1 Å². The number of hydrogen-bond donors (Lipinski definition) is 2. The molecule has 1 saturated carbocycles. The smallest absolute Gasteiger partial charge is 0.344 e. The summed E-state index contributed by atoms with van der Waals surface area (Å²) in [6.07, 6.45) is 4.54. The van der Waals surface area contributed by atoms with Gasteiger partial charge in [0.15, 0.2) is 6.10 Å². The van der Waals surface area contributed by atoms with Crippen molar-refractivity contribution in [3.63, 3.8) is 0 Å². The van der Waals surface area contributed by atoms with Gasteiger partial charge < -0.3 is 15.2 Å². The van der Waals surface area contributed by atoms with Gasteiger partial charge in [-0.05, 0) is 38.5 Å². The standard InChI is InChI=1S/C13H17N3O3/c1-7(8-2-3-8)15-13-14-6-9-4-5-10(12(17)18)19-11(9)16-13/h6-8,10H,2-5H2,1H3,(H,17,18)(H,14,15,16)/t7-,10+/m1/s1. The van der Waals surface area contributed by atoms with Gasteiger partial charge >= 0.3 is 5.97 Å². The topological polar surface area (TPSA) is 84.3 Å². The molecular weight excluding hydrogens is 246 g/mol. The summed E-state index contributed by atoms with van der Waals surface area (Å²) in [5.41, 5.74) is 0.877. The number of hydrogen-bond acceptors (Lipinski definition) is 5. The number of aryl methyl sites for hydroxylation is 1. The average molecular weight is 263 g/mol. The maximum Gasteiger partial charge on any atom is 0.344 e. The highest BCUT2D eigenvalue weighted by molar-refractivity contribution is 5.73. The zero-order valence-electron chi connectivity index (χ0n) is 10.8. The fraction of sp³-hybridized carbons (Fsp3) is 0.615. The third kappa shape index (κ3) is 2.62. The molecule has 1 fully saturated rings. The van der Waals surface area contributed by atoms with Crippen molar-refractivity contribution in [3.8, 4) is 5.88 Å². The van der Waals surface area contributed by atoms with Crippen molar-refractivity contribution in [1.82, 2.24) is 9.97 Å². The number of rotatable bonds is 4. The number of carboxylic acid groups (broad SMARTS) is 1. The van der Waals surface area contributed by atoms with E-state index in [4.69, 9.17) is 9.84 Å². The first-order valence-electron chi connectivity index (χ1n) is 6.65. The molecule has 6 nitrogen and oxygen atoms in total. The third-order valence-electron chi connectivity index (χ3n) is 3.72. The molecule has 0 amide bonds. The molecule has 2 N–H and O–H groups in total. The first-order chi connectivity index (χ1) is 9.13. The quantitative estimate of drug-likeness (QED) is 0.855. The molecule has 2 aliphatic rings. The lowest BCUT2D eigenvalue weighted by Crippen LogP contribution is -2.31. The molecule has 0 bridgehead atoms. The predicted molar refractivity (Wildman–Crippen MR) is 68.2 cm³/mol. The number of anilines is 1. The van der Waals surface area contributed by atoms with Gasteiger partial charge in [0.05, 0.1) is 0 Å². The van der Waals surface area contributed by atoms with E-state index in [2.05, 4.69) is 22.2 Å². The molecular formula is C13H17N3O3. The maximum absolute atomic E-state index is 10.9. The van der Waals surface area contributed by atoms with Gasteiger partial charge in [-0.25, -0.2) is 9.78 Å². The van der Waals surface area contributed by atoms with Gasteiger partial charge in [0.25, 0.3) is 0 Å². The number of fused-ring (bicyclic) bond motifs is 1. The van der Waals surface area contributed by atoms with E-state index in [1.54, 1.807) is 6.20 Å². The van der Waals surface area contributed by atoms with Crippen LogP contribution in [0.3, 0.4) is 0 Å². The van der Waals surface area contributed by atoms with Crippen LogP contribution in [0.25, 0.3) is 0 Å². The second-order valence-electron chi connectivity index (χ2n) is 5.28. The highest BCUT2D eigenvalue weighted by Crippen LogP contribution is 2.34. The minimum atomic E-state index is -0.940. The molecule has 102 valence electrons. The first-order valence-corrected chi connectivity index (χ1v) is 6.65. The van der Waals surface area contributed by atoms with Gasteiger partial charge in [-0.1, -0.05) is 0 Å². The minimum absolute atomic E-state index is 0.344. The molecule has 19 heavy (non-hydrogen) atoms. The van der Waals surface area contributed by atoms with Crippen LogP contribution in [0, 0.1) is 5.92 Å². The molecule has 1 aromatic heterocycles. The summed E-state index contributed by atoms with van der Waals surface area (Å²) in [6, 6.07) is 0.344. The molecule has 1 aliphatic carbocycles. The molecule has 0 spiro atoms. The van der Waals surface area contributed by atoms with Gasteiger partial charge in [0, 0.05) is 17.8 Å². The van der Waals surface area contributed by atoms with Crippen molar-refractivity contribution in [2.24, 2.45) is 5.92 Å². The van der Waals surface area contributed by atoms with Crippen LogP contribution in [-0.4, -0.2) is 33.2 Å². The molecule has 1 aromatic rings. The maximum atomic E-state index is 10.9. The molecule has 0 unspecified atom stereocenters. The lowest BCUT2D eigenvalue weighted by Gasteiger charge is -2.22. The fourth-order valence-corrected chi connectivity index (χ4v) is 2.31. The van der Waals surface area contributed by atoms with Crippen LogP contribution in [0.5, 0.6) is 5.88 Å². The van der Waals surface area contributed by atoms with Crippen LogP contribution in [0.15, 0.2) is 6.20 Å². The van der Waals surface area contributed by atoms with Crippen molar-refractivity contribution >= 4 is 11.9 Å². The molecule has 1 aliphatic heterocycles. The molecule has 0 aromatic carbocycles. The summed E-state index contributed by atoms with van der Waals surface area (Å²) in [4.78, 5) is 19.5. The van der Waals surface area contributed by atoms with E-state index in [1.165, 1.54) is 12.8 Å². The molecule has 3 rings (SSSR count). The van der Waals surface area contributed by atoms with E-state index in [1.807, 2.05) is 0 Å². The average Bonchev–Trinajstić information content (AvgIpc) is 3.22. The Labute approximate surface area is 111 Å². The van der Waals surface area contributed by atoms with Gasteiger partial charge in [-0.2, -0.15) is 4.98 Å². The largest absolute Gasteiger partial charge is 0.479 e. The van der Waals surface area contributed by atoms with Gasteiger partial charge in [0.1, 0.15) is 0 Å². The Balaban J connectivity index is 1.74. The summed E-state index contributed by atoms with van der Waals surface area (Å²) in [5.74, 6) is 0.681. The number of carbonyl (C=O) groups is 1. The first kappa shape index (κ1) is 12.2. The lowest BCUT2D eigenvalue weighted by molar-refractivity contribution is -0.146. The normalized spacial score (nSPS) is 23.1.